The molecule has 0 saturated carbocycles. The van der Waals surface area contributed by atoms with Crippen LogP contribution in [0.25, 0.3) is 0 Å². The van der Waals surface area contributed by atoms with Crippen molar-refractivity contribution in [1.29, 1.82) is 0 Å². The number of carbonyl (C=O) groups excluding carboxylic acids is 3. The normalized spacial score (nSPS) is 27.3. The zero-order valence-electron chi connectivity index (χ0n) is 18.3. The van der Waals surface area contributed by atoms with Gasteiger partial charge in [-0.05, 0) is 31.1 Å². The number of rotatable bonds is 4. The number of cyclic esters (lactones) is 1. The van der Waals surface area contributed by atoms with Gasteiger partial charge in [0.1, 0.15) is 33.4 Å². The molecule has 0 aromatic carbocycles. The maximum Gasteiger partial charge on any atom is 0.329 e. The molecule has 4 bridgehead atoms. The van der Waals surface area contributed by atoms with Crippen LogP contribution in [-0.2, 0) is 25.7 Å². The zero-order valence-corrected chi connectivity index (χ0v) is 20.8. The van der Waals surface area contributed by atoms with Crippen molar-refractivity contribution in [3.63, 3.8) is 0 Å². The number of amides is 2. The number of thioether (sulfide) groups is 1. The van der Waals surface area contributed by atoms with Crippen molar-refractivity contribution in [1.82, 2.24) is 15.6 Å². The number of thiol groups is 1. The third kappa shape index (κ3) is 6.14. The maximum absolute atomic E-state index is 13.1. The SMILES string of the molecule is CC(C)[C@@H]1NC(=O)[C@]2(C)CSC(=N2)c2csc(n2)CNC(=O)C[C@@H](C=CCCS)OC1=O. The first kappa shape index (κ1) is 24.8. The van der Waals surface area contributed by atoms with E-state index in [0.29, 0.717) is 28.7 Å². The Bertz CT molecular complexity index is 930. The number of carbonyl (C=O) groups is 3. The number of hydrogen-bond donors (Lipinski definition) is 3. The van der Waals surface area contributed by atoms with Crippen molar-refractivity contribution in [2.45, 2.75) is 57.8 Å². The molecule has 2 aliphatic rings. The lowest BCUT2D eigenvalue weighted by Crippen LogP contribution is -2.53. The number of nitrogens with zero attached hydrogens (tertiary/aromatic N) is 2. The predicted molar refractivity (Wildman–Crippen MR) is 130 cm³/mol. The Morgan fingerprint density at radius 2 is 2.16 bits per heavy atom. The highest BCUT2D eigenvalue weighted by molar-refractivity contribution is 8.14. The lowest BCUT2D eigenvalue weighted by Gasteiger charge is -2.27. The van der Waals surface area contributed by atoms with Crippen LogP contribution in [0.4, 0.5) is 0 Å². The van der Waals surface area contributed by atoms with E-state index in [1.54, 1.807) is 13.0 Å². The van der Waals surface area contributed by atoms with Crippen molar-refractivity contribution < 1.29 is 19.1 Å². The van der Waals surface area contributed by atoms with Gasteiger partial charge >= 0.3 is 5.97 Å². The molecule has 3 rings (SSSR count). The van der Waals surface area contributed by atoms with Crippen LogP contribution in [0.3, 0.4) is 0 Å². The summed E-state index contributed by atoms with van der Waals surface area (Å²) in [6.07, 6.45) is 3.44. The molecule has 1 aromatic rings. The van der Waals surface area contributed by atoms with Gasteiger partial charge in [-0.3, -0.25) is 14.6 Å². The Morgan fingerprint density at radius 3 is 2.88 bits per heavy atom. The van der Waals surface area contributed by atoms with E-state index in [1.807, 2.05) is 25.3 Å². The fourth-order valence-corrected chi connectivity index (χ4v) is 5.23. The van der Waals surface area contributed by atoms with Gasteiger partial charge in [-0.15, -0.1) is 23.1 Å². The van der Waals surface area contributed by atoms with Gasteiger partial charge in [0.25, 0.3) is 0 Å². The summed E-state index contributed by atoms with van der Waals surface area (Å²) in [5.41, 5.74) is -0.311. The molecule has 8 nitrogen and oxygen atoms in total. The molecule has 0 fully saturated rings. The summed E-state index contributed by atoms with van der Waals surface area (Å²) in [6.45, 7) is 5.69. The van der Waals surface area contributed by atoms with Crippen molar-refractivity contribution >= 4 is 58.6 Å². The topological polar surface area (TPSA) is 110 Å². The largest absolute Gasteiger partial charge is 0.456 e. The maximum atomic E-state index is 13.1. The second-order valence-corrected chi connectivity index (χ2v) is 10.6. The minimum Gasteiger partial charge on any atom is -0.456 e. The fourth-order valence-electron chi connectivity index (χ4n) is 3.15. The first-order chi connectivity index (χ1) is 15.2. The predicted octanol–water partition coefficient (Wildman–Crippen LogP) is 2.34. The van der Waals surface area contributed by atoms with E-state index in [9.17, 15) is 14.4 Å². The smallest absolute Gasteiger partial charge is 0.329 e. The second kappa shape index (κ2) is 10.8. The summed E-state index contributed by atoms with van der Waals surface area (Å²) >= 11 is 7.06. The van der Waals surface area contributed by atoms with E-state index in [2.05, 4.69) is 33.2 Å². The van der Waals surface area contributed by atoms with Gasteiger partial charge in [-0.1, -0.05) is 19.9 Å². The van der Waals surface area contributed by atoms with Crippen LogP contribution in [0.15, 0.2) is 22.5 Å². The zero-order chi connectivity index (χ0) is 23.3. The second-order valence-electron chi connectivity index (χ2n) is 8.20. The number of fused-ring (bicyclic) bond motifs is 4. The Hall–Kier alpha value is -1.85. The third-order valence-electron chi connectivity index (χ3n) is 5.04. The summed E-state index contributed by atoms with van der Waals surface area (Å²) < 4.78 is 5.65. The van der Waals surface area contributed by atoms with E-state index >= 15 is 0 Å². The number of aromatic nitrogens is 1. The van der Waals surface area contributed by atoms with Crippen molar-refractivity contribution in [2.75, 3.05) is 11.5 Å². The minimum atomic E-state index is -1.01. The number of hydrogen-bond acceptors (Lipinski definition) is 9. The average molecular weight is 497 g/mol. The molecule has 2 aliphatic heterocycles. The van der Waals surface area contributed by atoms with Gasteiger partial charge in [0.2, 0.25) is 11.8 Å². The highest BCUT2D eigenvalue weighted by Gasteiger charge is 2.41. The van der Waals surface area contributed by atoms with Crippen LogP contribution < -0.4 is 10.6 Å². The van der Waals surface area contributed by atoms with E-state index in [1.165, 1.54) is 23.1 Å². The molecule has 3 atom stereocenters. The van der Waals surface area contributed by atoms with E-state index in [0.717, 1.165) is 5.01 Å². The molecule has 1 aromatic heterocycles. The van der Waals surface area contributed by atoms with Crippen LogP contribution in [0.1, 0.15) is 44.3 Å². The molecule has 11 heteroatoms. The molecule has 32 heavy (non-hydrogen) atoms. The summed E-state index contributed by atoms with van der Waals surface area (Å²) in [7, 11) is 0. The van der Waals surface area contributed by atoms with Crippen LogP contribution in [-0.4, -0.2) is 57.0 Å². The Morgan fingerprint density at radius 1 is 1.38 bits per heavy atom. The minimum absolute atomic E-state index is 0.0217. The van der Waals surface area contributed by atoms with Crippen molar-refractivity contribution in [3.8, 4) is 0 Å². The number of thiazole rings is 1. The Balaban J connectivity index is 1.92. The molecule has 0 aliphatic carbocycles. The first-order valence-electron chi connectivity index (χ1n) is 10.4. The monoisotopic (exact) mass is 496 g/mol. The molecule has 2 N–H and O–H groups in total. The van der Waals surface area contributed by atoms with Crippen LogP contribution >= 0.6 is 35.7 Å². The van der Waals surface area contributed by atoms with Gasteiger partial charge < -0.3 is 15.4 Å². The molecule has 2 amide bonds. The van der Waals surface area contributed by atoms with E-state index < -0.39 is 23.7 Å². The highest BCUT2D eigenvalue weighted by atomic mass is 32.2. The quantitative estimate of drug-likeness (QED) is 0.335. The number of allylic oxidation sites excluding steroid dienone is 1. The molecule has 0 spiro atoms. The molecule has 0 unspecified atom stereocenters. The van der Waals surface area contributed by atoms with Crippen molar-refractivity contribution in [3.05, 3.63) is 28.2 Å². The first-order valence-corrected chi connectivity index (χ1v) is 12.9. The highest BCUT2D eigenvalue weighted by Crippen LogP contribution is 2.32. The molecule has 0 radical (unpaired) electrons. The van der Waals surface area contributed by atoms with Gasteiger partial charge in [0, 0.05) is 11.1 Å². The summed E-state index contributed by atoms with van der Waals surface area (Å²) in [5, 5.41) is 8.96. The standard InChI is InChI=1S/C21H28N4O4S3/c1-12(2)17-19(27)29-13(6-4-5-7-30)8-15(26)22-9-16-23-14(10-31-16)18-25-21(3,11-32-18)20(28)24-17/h4,6,10,12-13,17,30H,5,7-9,11H2,1-3H3,(H,22,26)(H,24,28)/t13-,17+,21+/m1/s1. The van der Waals surface area contributed by atoms with Crippen LogP contribution in [0, 0.1) is 5.92 Å². The van der Waals surface area contributed by atoms with E-state index in [4.69, 9.17) is 4.74 Å². The Kier molecular flexibility index (Phi) is 8.40. The van der Waals surface area contributed by atoms with Gasteiger partial charge in [0.05, 0.1) is 13.0 Å². The molecule has 0 saturated heterocycles. The number of aliphatic imine (C=N–C) groups is 1. The lowest BCUT2D eigenvalue weighted by molar-refractivity contribution is -0.153. The van der Waals surface area contributed by atoms with Gasteiger partial charge in [-0.2, -0.15) is 12.6 Å². The van der Waals surface area contributed by atoms with Crippen molar-refractivity contribution in [2.24, 2.45) is 10.9 Å². The summed E-state index contributed by atoms with van der Waals surface area (Å²) in [4.78, 5) is 47.8. The molecule has 174 valence electrons. The van der Waals surface area contributed by atoms with Crippen LogP contribution in [0.2, 0.25) is 0 Å². The summed E-state index contributed by atoms with van der Waals surface area (Å²) in [6, 6.07) is -0.855. The number of esters is 1. The van der Waals surface area contributed by atoms with Crippen LogP contribution in [0.5, 0.6) is 0 Å². The molecular weight excluding hydrogens is 468 g/mol. The number of ether oxygens (including phenoxy) is 1. The molecule has 3 heterocycles. The Labute approximate surface area is 201 Å². The number of nitrogens with one attached hydrogen (secondary N) is 2. The van der Waals surface area contributed by atoms with Gasteiger partial charge in [0.15, 0.2) is 0 Å². The lowest BCUT2D eigenvalue weighted by atomic mass is 10.0. The average Bonchev–Trinajstić information content (AvgIpc) is 3.37. The summed E-state index contributed by atoms with van der Waals surface area (Å²) in [5.74, 6) is -0.282. The van der Waals surface area contributed by atoms with Gasteiger partial charge in [-0.25, -0.2) is 9.78 Å². The third-order valence-corrected chi connectivity index (χ3v) is 7.43. The fraction of sp³-hybridized carbons (Fsp3) is 0.571. The molecular formula is C21H28N4O4S3. The van der Waals surface area contributed by atoms with E-state index in [-0.39, 0.29) is 30.7 Å².